The number of fused-ring (bicyclic) bond motifs is 1. The van der Waals surface area contributed by atoms with E-state index in [0.29, 0.717) is 23.8 Å². The first-order valence-corrected chi connectivity index (χ1v) is 8.64. The number of aromatic nitrogens is 3. The van der Waals surface area contributed by atoms with Crippen LogP contribution in [-0.2, 0) is 16.4 Å². The van der Waals surface area contributed by atoms with Crippen LogP contribution in [0.2, 0.25) is 0 Å². The first-order valence-electron chi connectivity index (χ1n) is 6.75. The lowest BCUT2D eigenvalue weighted by Gasteiger charge is -2.24. The predicted octanol–water partition coefficient (Wildman–Crippen LogP) is 1.76. The second-order valence-corrected chi connectivity index (χ2v) is 8.83. The molecule has 2 N–H and O–H groups in total. The molecule has 0 spiro atoms. The summed E-state index contributed by atoms with van der Waals surface area (Å²) in [5.74, 6) is 1.02. The standard InChI is InChI=1S/C14H22N4O2S/c1-8-9(2)18(7-14(4,5)21(6,19)20)13-11(8)12(15)16-10(3)17-13/h7H2,1-6H3,(H2,15,16,17). The van der Waals surface area contributed by atoms with Crippen molar-refractivity contribution in [3.8, 4) is 0 Å². The first kappa shape index (κ1) is 15.8. The molecule has 0 saturated carbocycles. The molecular formula is C14H22N4O2S. The topological polar surface area (TPSA) is 90.9 Å². The molecule has 0 bridgehead atoms. The average molecular weight is 310 g/mol. The van der Waals surface area contributed by atoms with Crippen molar-refractivity contribution in [1.82, 2.24) is 14.5 Å². The maximum atomic E-state index is 12.0. The van der Waals surface area contributed by atoms with Crippen LogP contribution >= 0.6 is 0 Å². The molecule has 7 heteroatoms. The van der Waals surface area contributed by atoms with Crippen molar-refractivity contribution < 1.29 is 8.42 Å². The molecule has 0 fully saturated rings. The van der Waals surface area contributed by atoms with Crippen LogP contribution in [0, 0.1) is 20.8 Å². The van der Waals surface area contributed by atoms with Gasteiger partial charge in [-0.1, -0.05) is 0 Å². The summed E-state index contributed by atoms with van der Waals surface area (Å²) in [6, 6.07) is 0. The number of nitrogens with zero attached hydrogens (tertiary/aromatic N) is 3. The number of rotatable bonds is 3. The SMILES string of the molecule is Cc1nc(N)c2c(C)c(C)n(CC(C)(C)S(C)(=O)=O)c2n1. The summed E-state index contributed by atoms with van der Waals surface area (Å²) >= 11 is 0. The van der Waals surface area contributed by atoms with Gasteiger partial charge in [-0.2, -0.15) is 0 Å². The maximum Gasteiger partial charge on any atom is 0.154 e. The fourth-order valence-electron chi connectivity index (χ4n) is 2.37. The highest BCUT2D eigenvalue weighted by Gasteiger charge is 2.32. The van der Waals surface area contributed by atoms with E-state index >= 15 is 0 Å². The van der Waals surface area contributed by atoms with Gasteiger partial charge in [0.1, 0.15) is 17.3 Å². The van der Waals surface area contributed by atoms with Gasteiger partial charge in [0, 0.05) is 18.5 Å². The second kappa shape index (κ2) is 4.69. The molecule has 0 saturated heterocycles. The highest BCUT2D eigenvalue weighted by atomic mass is 32.2. The van der Waals surface area contributed by atoms with Gasteiger partial charge in [-0.3, -0.25) is 0 Å². The van der Waals surface area contributed by atoms with Gasteiger partial charge >= 0.3 is 0 Å². The van der Waals surface area contributed by atoms with Crippen molar-refractivity contribution in [3.63, 3.8) is 0 Å². The number of anilines is 1. The van der Waals surface area contributed by atoms with Crippen LogP contribution in [0.3, 0.4) is 0 Å². The van der Waals surface area contributed by atoms with E-state index < -0.39 is 14.6 Å². The molecule has 0 unspecified atom stereocenters. The van der Waals surface area contributed by atoms with E-state index in [4.69, 9.17) is 5.73 Å². The van der Waals surface area contributed by atoms with Gasteiger partial charge in [0.2, 0.25) is 0 Å². The van der Waals surface area contributed by atoms with Crippen LogP contribution in [0.1, 0.15) is 30.9 Å². The Hall–Kier alpha value is -1.63. The molecule has 0 atom stereocenters. The fraction of sp³-hybridized carbons (Fsp3) is 0.571. The second-order valence-electron chi connectivity index (χ2n) is 6.18. The molecule has 0 aliphatic heterocycles. The zero-order chi connectivity index (χ0) is 16.2. The Morgan fingerprint density at radius 2 is 1.76 bits per heavy atom. The number of aryl methyl sites for hydroxylation is 2. The summed E-state index contributed by atoms with van der Waals surface area (Å²) in [6.07, 6.45) is 1.26. The molecule has 2 aromatic rings. The molecular weight excluding hydrogens is 288 g/mol. The molecule has 2 heterocycles. The van der Waals surface area contributed by atoms with E-state index in [0.717, 1.165) is 16.6 Å². The lowest BCUT2D eigenvalue weighted by atomic mass is 10.2. The van der Waals surface area contributed by atoms with E-state index in [-0.39, 0.29) is 0 Å². The van der Waals surface area contributed by atoms with Crippen LogP contribution in [-0.4, -0.2) is 34.0 Å². The quantitative estimate of drug-likeness (QED) is 0.932. The number of nitrogen functional groups attached to an aromatic ring is 1. The highest BCUT2D eigenvalue weighted by Crippen LogP contribution is 2.30. The van der Waals surface area contributed by atoms with Crippen molar-refractivity contribution >= 4 is 26.7 Å². The molecule has 0 aliphatic rings. The van der Waals surface area contributed by atoms with E-state index in [2.05, 4.69) is 9.97 Å². The molecule has 0 radical (unpaired) electrons. The molecule has 2 aromatic heterocycles. The van der Waals surface area contributed by atoms with Gasteiger partial charge in [-0.05, 0) is 40.2 Å². The summed E-state index contributed by atoms with van der Waals surface area (Å²) in [4.78, 5) is 8.66. The Bertz CT molecular complexity index is 819. The molecule has 6 nitrogen and oxygen atoms in total. The Labute approximate surface area is 125 Å². The van der Waals surface area contributed by atoms with Crippen molar-refractivity contribution in [3.05, 3.63) is 17.1 Å². The minimum atomic E-state index is -3.19. The molecule has 116 valence electrons. The van der Waals surface area contributed by atoms with Gasteiger partial charge in [-0.25, -0.2) is 18.4 Å². The molecule has 0 aromatic carbocycles. The minimum absolute atomic E-state index is 0.331. The van der Waals surface area contributed by atoms with Crippen molar-refractivity contribution in [1.29, 1.82) is 0 Å². The third-order valence-electron chi connectivity index (χ3n) is 4.15. The number of sulfone groups is 1. The Morgan fingerprint density at radius 1 is 1.19 bits per heavy atom. The van der Waals surface area contributed by atoms with Crippen LogP contribution in [0.25, 0.3) is 11.0 Å². The van der Waals surface area contributed by atoms with Gasteiger partial charge in [0.05, 0.1) is 10.1 Å². The Balaban J connectivity index is 2.74. The van der Waals surface area contributed by atoms with E-state index in [1.54, 1.807) is 20.8 Å². The zero-order valence-electron chi connectivity index (χ0n) is 13.4. The van der Waals surface area contributed by atoms with Gasteiger partial charge in [0.25, 0.3) is 0 Å². The summed E-state index contributed by atoms with van der Waals surface area (Å²) in [5.41, 5.74) is 8.67. The first-order chi connectivity index (χ1) is 9.45. The largest absolute Gasteiger partial charge is 0.383 e. The molecule has 0 amide bonds. The van der Waals surface area contributed by atoms with Gasteiger partial charge < -0.3 is 10.3 Å². The molecule has 0 aliphatic carbocycles. The van der Waals surface area contributed by atoms with Crippen LogP contribution in [0.4, 0.5) is 5.82 Å². The number of hydrogen-bond acceptors (Lipinski definition) is 5. The Morgan fingerprint density at radius 3 is 2.29 bits per heavy atom. The summed E-state index contributed by atoms with van der Waals surface area (Å²) < 4.78 is 25.0. The minimum Gasteiger partial charge on any atom is -0.383 e. The summed E-state index contributed by atoms with van der Waals surface area (Å²) in [7, 11) is -3.19. The number of nitrogens with two attached hydrogens (primary N) is 1. The monoisotopic (exact) mass is 310 g/mol. The Kier molecular flexibility index (Phi) is 3.52. The van der Waals surface area contributed by atoms with Crippen LogP contribution in [0.15, 0.2) is 0 Å². The van der Waals surface area contributed by atoms with Gasteiger partial charge in [0.15, 0.2) is 9.84 Å². The third kappa shape index (κ3) is 2.50. The van der Waals surface area contributed by atoms with Gasteiger partial charge in [-0.15, -0.1) is 0 Å². The van der Waals surface area contributed by atoms with E-state index in [1.165, 1.54) is 6.26 Å². The number of hydrogen-bond donors (Lipinski definition) is 1. The smallest absolute Gasteiger partial charge is 0.154 e. The third-order valence-corrected chi connectivity index (χ3v) is 6.29. The van der Waals surface area contributed by atoms with E-state index in [9.17, 15) is 8.42 Å². The average Bonchev–Trinajstić information content (AvgIpc) is 2.52. The maximum absolute atomic E-state index is 12.0. The summed E-state index contributed by atoms with van der Waals surface area (Å²) in [6.45, 7) is 9.46. The zero-order valence-corrected chi connectivity index (χ0v) is 14.2. The van der Waals surface area contributed by atoms with Crippen LogP contribution < -0.4 is 5.73 Å². The molecule has 2 rings (SSSR count). The highest BCUT2D eigenvalue weighted by molar-refractivity contribution is 7.92. The predicted molar refractivity (Wildman–Crippen MR) is 85.1 cm³/mol. The van der Waals surface area contributed by atoms with Crippen molar-refractivity contribution in [2.75, 3.05) is 12.0 Å². The molecule has 21 heavy (non-hydrogen) atoms. The summed E-state index contributed by atoms with van der Waals surface area (Å²) in [5, 5.41) is 0.808. The van der Waals surface area contributed by atoms with Crippen molar-refractivity contribution in [2.45, 2.75) is 45.9 Å². The van der Waals surface area contributed by atoms with Crippen molar-refractivity contribution in [2.24, 2.45) is 0 Å². The lowest BCUT2D eigenvalue weighted by molar-refractivity contribution is 0.504. The normalized spacial score (nSPS) is 13.0. The lowest BCUT2D eigenvalue weighted by Crippen LogP contribution is -2.36. The van der Waals surface area contributed by atoms with E-state index in [1.807, 2.05) is 18.4 Å². The fourth-order valence-corrected chi connectivity index (χ4v) is 2.73. The van der Waals surface area contributed by atoms with Crippen LogP contribution in [0.5, 0.6) is 0 Å².